The molecule has 0 bridgehead atoms. The highest BCUT2D eigenvalue weighted by molar-refractivity contribution is 6.30. The van der Waals surface area contributed by atoms with E-state index in [1.807, 2.05) is 12.1 Å². The van der Waals surface area contributed by atoms with Crippen LogP contribution in [0.25, 0.3) is 11.3 Å². The minimum absolute atomic E-state index is 0.0679. The number of carbonyl (C=O) groups is 2. The van der Waals surface area contributed by atoms with Crippen molar-refractivity contribution in [3.05, 3.63) is 41.1 Å². The van der Waals surface area contributed by atoms with E-state index < -0.39 is 0 Å². The lowest BCUT2D eigenvalue weighted by molar-refractivity contribution is 0.126. The van der Waals surface area contributed by atoms with Crippen LogP contribution in [-0.4, -0.2) is 59.4 Å². The van der Waals surface area contributed by atoms with E-state index >= 15 is 0 Å². The molecule has 1 aromatic carbocycles. The highest BCUT2D eigenvalue weighted by atomic mass is 35.5. The summed E-state index contributed by atoms with van der Waals surface area (Å²) in [6.07, 6.45) is -0.301. The second kappa shape index (κ2) is 6.87. The number of amides is 3. The first-order valence-corrected chi connectivity index (χ1v) is 8.65. The van der Waals surface area contributed by atoms with Crippen molar-refractivity contribution in [3.8, 4) is 11.3 Å². The van der Waals surface area contributed by atoms with Crippen molar-refractivity contribution in [1.82, 2.24) is 20.3 Å². The lowest BCUT2D eigenvalue weighted by Gasteiger charge is -2.35. The first kappa shape index (κ1) is 16.7. The molecule has 3 heterocycles. The van der Waals surface area contributed by atoms with Gasteiger partial charge in [0.2, 0.25) is 0 Å². The number of cyclic esters (lactones) is 1. The molecule has 0 radical (unpaired) electrons. The highest BCUT2D eigenvalue weighted by Gasteiger charge is 2.38. The van der Waals surface area contributed by atoms with Gasteiger partial charge in [-0.15, -0.1) is 0 Å². The average Bonchev–Trinajstić information content (AvgIpc) is 3.26. The van der Waals surface area contributed by atoms with Crippen LogP contribution in [0, 0.1) is 0 Å². The Morgan fingerprint density at radius 2 is 2.23 bits per heavy atom. The molecule has 8 nitrogen and oxygen atoms in total. The summed E-state index contributed by atoms with van der Waals surface area (Å²) in [5.74, 6) is 0.548. The van der Waals surface area contributed by atoms with Crippen LogP contribution in [0.1, 0.15) is 5.76 Å². The van der Waals surface area contributed by atoms with E-state index in [1.54, 1.807) is 28.0 Å². The molecule has 26 heavy (non-hydrogen) atoms. The Bertz CT molecular complexity index is 840. The van der Waals surface area contributed by atoms with Gasteiger partial charge < -0.3 is 19.5 Å². The molecule has 0 aliphatic carbocycles. The van der Waals surface area contributed by atoms with Crippen LogP contribution in [-0.2, 0) is 11.3 Å². The lowest BCUT2D eigenvalue weighted by Crippen LogP contribution is -2.55. The highest BCUT2D eigenvalue weighted by Crippen LogP contribution is 2.22. The number of benzene rings is 1. The molecule has 136 valence electrons. The molecule has 3 amide bonds. The molecule has 1 atom stereocenters. The lowest BCUT2D eigenvalue weighted by atomic mass is 10.1. The summed E-state index contributed by atoms with van der Waals surface area (Å²) < 4.78 is 10.3. The monoisotopic (exact) mass is 376 g/mol. The largest absolute Gasteiger partial charge is 0.447 e. The Morgan fingerprint density at radius 1 is 1.35 bits per heavy atom. The fourth-order valence-electron chi connectivity index (χ4n) is 3.13. The van der Waals surface area contributed by atoms with E-state index in [2.05, 4.69) is 10.5 Å². The second-order valence-electron chi connectivity index (χ2n) is 6.22. The maximum absolute atomic E-state index is 12.4. The van der Waals surface area contributed by atoms with Gasteiger partial charge >= 0.3 is 12.1 Å². The Morgan fingerprint density at radius 3 is 3.08 bits per heavy atom. The molecule has 0 spiro atoms. The van der Waals surface area contributed by atoms with Crippen molar-refractivity contribution in [1.29, 1.82) is 0 Å². The number of carbonyl (C=O) groups excluding carboxylic acids is 2. The number of ether oxygens (including phenoxy) is 1. The van der Waals surface area contributed by atoms with E-state index in [1.165, 1.54) is 0 Å². The molecule has 2 fully saturated rings. The van der Waals surface area contributed by atoms with Crippen LogP contribution in [0.15, 0.2) is 34.9 Å². The minimum atomic E-state index is -0.301. The van der Waals surface area contributed by atoms with Gasteiger partial charge in [-0.25, -0.2) is 9.59 Å². The van der Waals surface area contributed by atoms with Crippen molar-refractivity contribution in [2.24, 2.45) is 0 Å². The molecule has 9 heteroatoms. The normalized spacial score (nSPS) is 19.3. The topological polar surface area (TPSA) is 87.9 Å². The van der Waals surface area contributed by atoms with Gasteiger partial charge in [0.1, 0.15) is 12.3 Å². The zero-order valence-electron chi connectivity index (χ0n) is 13.9. The van der Waals surface area contributed by atoms with Gasteiger partial charge in [0.05, 0.1) is 12.6 Å². The molecule has 2 aliphatic heterocycles. The van der Waals surface area contributed by atoms with E-state index in [0.717, 1.165) is 5.56 Å². The Hall–Kier alpha value is -2.74. The van der Waals surface area contributed by atoms with Crippen molar-refractivity contribution in [2.75, 3.05) is 26.2 Å². The fraction of sp³-hybridized carbons (Fsp3) is 0.353. The van der Waals surface area contributed by atoms with Crippen LogP contribution in [0.4, 0.5) is 9.59 Å². The van der Waals surface area contributed by atoms with Crippen LogP contribution >= 0.6 is 11.6 Å². The molecular weight excluding hydrogens is 360 g/mol. The van der Waals surface area contributed by atoms with Crippen molar-refractivity contribution in [3.63, 3.8) is 0 Å². The van der Waals surface area contributed by atoms with Crippen molar-refractivity contribution >= 4 is 23.7 Å². The van der Waals surface area contributed by atoms with Crippen molar-refractivity contribution < 1.29 is 18.8 Å². The number of hydrogen-bond acceptors (Lipinski definition) is 5. The number of piperazine rings is 1. The number of nitrogens with zero attached hydrogens (tertiary/aromatic N) is 3. The number of hydrogen-bond donors (Lipinski definition) is 1. The Kier molecular flexibility index (Phi) is 4.42. The van der Waals surface area contributed by atoms with Gasteiger partial charge in [-0.1, -0.05) is 28.9 Å². The van der Waals surface area contributed by atoms with Gasteiger partial charge in [0, 0.05) is 36.3 Å². The zero-order valence-corrected chi connectivity index (χ0v) is 14.6. The first-order valence-electron chi connectivity index (χ1n) is 8.28. The zero-order chi connectivity index (χ0) is 18.1. The van der Waals surface area contributed by atoms with Crippen LogP contribution in [0.2, 0.25) is 5.02 Å². The van der Waals surface area contributed by atoms with Crippen molar-refractivity contribution in [2.45, 2.75) is 12.6 Å². The number of halogens is 1. The fourth-order valence-corrected chi connectivity index (χ4v) is 3.32. The van der Waals surface area contributed by atoms with E-state index in [9.17, 15) is 9.59 Å². The van der Waals surface area contributed by atoms with E-state index in [4.69, 9.17) is 20.9 Å². The SMILES string of the molecule is O=C(NCc1cc(-c2cccc(Cl)c2)no1)N1CCN2C(=O)OC[C@H]2C1. The van der Waals surface area contributed by atoms with Gasteiger partial charge in [0.15, 0.2) is 5.76 Å². The molecule has 1 N–H and O–H groups in total. The molecule has 2 saturated heterocycles. The number of urea groups is 1. The van der Waals surface area contributed by atoms with Crippen LogP contribution in [0.3, 0.4) is 0 Å². The summed E-state index contributed by atoms with van der Waals surface area (Å²) in [6, 6.07) is 8.81. The Labute approximate surface area is 154 Å². The predicted molar refractivity (Wildman–Crippen MR) is 92.6 cm³/mol. The summed E-state index contributed by atoms with van der Waals surface area (Å²) in [4.78, 5) is 27.2. The summed E-state index contributed by atoms with van der Waals surface area (Å²) in [7, 11) is 0. The van der Waals surface area contributed by atoms with E-state index in [0.29, 0.717) is 42.7 Å². The molecule has 0 unspecified atom stereocenters. The average molecular weight is 377 g/mol. The summed E-state index contributed by atoms with van der Waals surface area (Å²) in [5, 5.41) is 7.45. The molecule has 1 aromatic heterocycles. The second-order valence-corrected chi connectivity index (χ2v) is 6.65. The van der Waals surface area contributed by atoms with E-state index in [-0.39, 0.29) is 24.7 Å². The van der Waals surface area contributed by atoms with Gasteiger partial charge in [-0.2, -0.15) is 0 Å². The maximum atomic E-state index is 12.4. The van der Waals surface area contributed by atoms with Gasteiger partial charge in [0.25, 0.3) is 0 Å². The van der Waals surface area contributed by atoms with Gasteiger partial charge in [-0.3, -0.25) is 4.90 Å². The molecule has 4 rings (SSSR count). The number of rotatable bonds is 3. The summed E-state index contributed by atoms with van der Waals surface area (Å²) in [6.45, 7) is 1.97. The van der Waals surface area contributed by atoms with Crippen LogP contribution < -0.4 is 5.32 Å². The van der Waals surface area contributed by atoms with Gasteiger partial charge in [-0.05, 0) is 12.1 Å². The standard InChI is InChI=1S/C17H17ClN4O4/c18-12-3-1-2-11(6-12)15-7-14(26-20-15)8-19-16(23)21-4-5-22-13(9-21)10-25-17(22)24/h1-3,6-7,13H,4-5,8-10H2,(H,19,23)/t13-/m1/s1. The Balaban J connectivity index is 1.33. The quantitative estimate of drug-likeness (QED) is 0.888. The maximum Gasteiger partial charge on any atom is 0.410 e. The van der Waals surface area contributed by atoms with Crippen LogP contribution in [0.5, 0.6) is 0 Å². The number of fused-ring (bicyclic) bond motifs is 1. The summed E-state index contributed by atoms with van der Waals surface area (Å²) in [5.41, 5.74) is 1.51. The number of nitrogens with one attached hydrogen (secondary N) is 1. The smallest absolute Gasteiger partial charge is 0.410 e. The molecule has 2 aromatic rings. The third kappa shape index (κ3) is 3.32. The third-order valence-corrected chi connectivity index (χ3v) is 4.73. The molecule has 2 aliphatic rings. The summed E-state index contributed by atoms with van der Waals surface area (Å²) >= 11 is 5.98. The molecule has 0 saturated carbocycles. The minimum Gasteiger partial charge on any atom is -0.447 e. The first-order chi connectivity index (χ1) is 12.6. The number of aromatic nitrogens is 1. The predicted octanol–water partition coefficient (Wildman–Crippen LogP) is 2.34. The molecular formula is C17H17ClN4O4. The third-order valence-electron chi connectivity index (χ3n) is 4.50.